The second-order valence-electron chi connectivity index (χ2n) is 4.77. The fourth-order valence-electron chi connectivity index (χ4n) is 2.32. The summed E-state index contributed by atoms with van der Waals surface area (Å²) in [5, 5.41) is 2.27. The summed E-state index contributed by atoms with van der Waals surface area (Å²) < 4.78 is 39.4. The Hall–Kier alpha value is -1.89. The van der Waals surface area contributed by atoms with Crippen molar-refractivity contribution < 1.29 is 22.8 Å². The second-order valence-corrected chi connectivity index (χ2v) is 5.20. The summed E-state index contributed by atoms with van der Waals surface area (Å²) in [4.78, 5) is 28.0. The Balaban J connectivity index is 2.72. The van der Waals surface area contributed by atoms with Crippen LogP contribution in [0.15, 0.2) is 17.1 Å². The molecule has 4 nitrogen and oxygen atoms in total. The molecule has 0 aromatic heterocycles. The Bertz CT molecular complexity index is 683. The van der Waals surface area contributed by atoms with Gasteiger partial charge in [0, 0.05) is 17.1 Å². The van der Waals surface area contributed by atoms with Crippen LogP contribution >= 0.6 is 11.6 Å². The molecule has 118 valence electrons. The highest BCUT2D eigenvalue weighted by atomic mass is 35.5. The van der Waals surface area contributed by atoms with E-state index in [1.165, 1.54) is 6.92 Å². The van der Waals surface area contributed by atoms with E-state index in [0.717, 1.165) is 12.1 Å². The molecule has 1 N–H and O–H groups in total. The van der Waals surface area contributed by atoms with Crippen LogP contribution in [-0.4, -0.2) is 23.9 Å². The van der Waals surface area contributed by atoms with Crippen molar-refractivity contribution in [1.82, 2.24) is 0 Å². The molecule has 1 aromatic carbocycles. The molecule has 1 unspecified atom stereocenters. The maximum absolute atomic E-state index is 13.1. The summed E-state index contributed by atoms with van der Waals surface area (Å²) in [7, 11) is 0. The van der Waals surface area contributed by atoms with Gasteiger partial charge in [-0.1, -0.05) is 11.6 Å². The quantitative estimate of drug-likeness (QED) is 0.842. The predicted octanol–water partition coefficient (Wildman–Crippen LogP) is 3.59. The minimum Gasteiger partial charge on any atom is -0.342 e. The van der Waals surface area contributed by atoms with Gasteiger partial charge in [0.25, 0.3) is 0 Å². The standard InChI is InChI=1S/C14H12ClF3N2O2/c1-3-19-13-10(6(2)21)12(22)8-4-7(15)5-9(11(8)20-13)14(16,17)18/h4-5,10H,3H2,1-2H3,(H,19,20). The highest BCUT2D eigenvalue weighted by Crippen LogP contribution is 2.41. The van der Waals surface area contributed by atoms with E-state index >= 15 is 0 Å². The van der Waals surface area contributed by atoms with Crippen molar-refractivity contribution >= 4 is 34.7 Å². The van der Waals surface area contributed by atoms with Crippen LogP contribution in [0, 0.1) is 5.92 Å². The zero-order valence-corrected chi connectivity index (χ0v) is 12.5. The van der Waals surface area contributed by atoms with E-state index in [2.05, 4.69) is 10.3 Å². The first-order valence-electron chi connectivity index (χ1n) is 6.43. The lowest BCUT2D eigenvalue weighted by Gasteiger charge is -2.27. The van der Waals surface area contributed by atoms with Crippen LogP contribution in [0.2, 0.25) is 5.02 Å². The maximum Gasteiger partial charge on any atom is 0.418 e. The Morgan fingerprint density at radius 2 is 2.05 bits per heavy atom. The molecule has 0 aliphatic carbocycles. The van der Waals surface area contributed by atoms with E-state index in [4.69, 9.17) is 11.6 Å². The third-order valence-electron chi connectivity index (χ3n) is 3.20. The van der Waals surface area contributed by atoms with Gasteiger partial charge in [0.15, 0.2) is 5.78 Å². The zero-order valence-electron chi connectivity index (χ0n) is 11.7. The monoisotopic (exact) mass is 332 g/mol. The van der Waals surface area contributed by atoms with Crippen LogP contribution in [0.3, 0.4) is 0 Å². The first-order valence-corrected chi connectivity index (χ1v) is 6.81. The molecule has 0 bridgehead atoms. The molecular formula is C14H12ClF3N2O2. The van der Waals surface area contributed by atoms with Gasteiger partial charge >= 0.3 is 6.18 Å². The number of hydrogen-bond donors (Lipinski definition) is 1. The minimum absolute atomic E-state index is 0.0691. The second kappa shape index (κ2) is 5.72. The number of halogens is 4. The predicted molar refractivity (Wildman–Crippen MR) is 76.6 cm³/mol. The van der Waals surface area contributed by atoms with Crippen LogP contribution in [0.1, 0.15) is 29.8 Å². The van der Waals surface area contributed by atoms with Gasteiger partial charge in [-0.25, -0.2) is 0 Å². The third kappa shape index (κ3) is 2.85. The van der Waals surface area contributed by atoms with E-state index in [1.54, 1.807) is 6.92 Å². The summed E-state index contributed by atoms with van der Waals surface area (Å²) in [5.74, 6) is -2.53. The highest BCUT2D eigenvalue weighted by molar-refractivity contribution is 6.35. The third-order valence-corrected chi connectivity index (χ3v) is 3.42. The number of fused-ring (bicyclic) bond motifs is 1. The van der Waals surface area contributed by atoms with Gasteiger partial charge in [-0.3, -0.25) is 14.6 Å². The van der Waals surface area contributed by atoms with E-state index in [1.807, 2.05) is 0 Å². The van der Waals surface area contributed by atoms with Crippen LogP contribution in [0.4, 0.5) is 18.9 Å². The van der Waals surface area contributed by atoms with Gasteiger partial charge in [-0.15, -0.1) is 0 Å². The van der Waals surface area contributed by atoms with Crippen molar-refractivity contribution in [2.45, 2.75) is 20.0 Å². The lowest BCUT2D eigenvalue weighted by molar-refractivity contribution is -0.136. The molecule has 0 radical (unpaired) electrons. The number of benzene rings is 1. The van der Waals surface area contributed by atoms with Crippen LogP contribution < -0.4 is 5.32 Å². The molecule has 0 spiro atoms. The van der Waals surface area contributed by atoms with Crippen molar-refractivity contribution in [3.63, 3.8) is 0 Å². The van der Waals surface area contributed by atoms with Crippen molar-refractivity contribution in [2.24, 2.45) is 10.9 Å². The number of Topliss-reactive ketones (excluding diaryl/α,β-unsaturated/α-hetero) is 2. The molecule has 1 aliphatic rings. The van der Waals surface area contributed by atoms with Crippen LogP contribution in [0.5, 0.6) is 0 Å². The molecule has 1 aliphatic heterocycles. The van der Waals surface area contributed by atoms with Gasteiger partial charge in [0.2, 0.25) is 0 Å². The number of carbonyl (C=O) groups excluding carboxylic acids is 2. The van der Waals surface area contributed by atoms with Gasteiger partial charge in [-0.2, -0.15) is 13.2 Å². The molecule has 1 heterocycles. The molecule has 1 aromatic rings. The van der Waals surface area contributed by atoms with Crippen molar-refractivity contribution in [2.75, 3.05) is 11.9 Å². The number of amidine groups is 1. The van der Waals surface area contributed by atoms with Gasteiger partial charge in [0.05, 0.1) is 11.3 Å². The Kier molecular flexibility index (Phi) is 4.28. The summed E-state index contributed by atoms with van der Waals surface area (Å²) in [6.07, 6.45) is -4.69. The number of hydrogen-bond acceptors (Lipinski definition) is 3. The summed E-state index contributed by atoms with van der Waals surface area (Å²) in [6.45, 7) is 3.07. The first-order chi connectivity index (χ1) is 10.2. The van der Waals surface area contributed by atoms with E-state index in [0.29, 0.717) is 0 Å². The van der Waals surface area contributed by atoms with Gasteiger partial charge in [-0.05, 0) is 26.0 Å². The number of nitrogens with one attached hydrogen (secondary N) is 1. The fourth-order valence-corrected chi connectivity index (χ4v) is 2.54. The molecular weight excluding hydrogens is 321 g/mol. The Labute approximate surface area is 129 Å². The zero-order chi connectivity index (χ0) is 16.7. The summed E-state index contributed by atoms with van der Waals surface area (Å²) >= 11 is 5.68. The Morgan fingerprint density at radius 3 is 2.55 bits per heavy atom. The molecule has 0 saturated carbocycles. The number of rotatable bonds is 2. The molecule has 0 amide bonds. The molecule has 0 saturated heterocycles. The smallest absolute Gasteiger partial charge is 0.342 e. The van der Waals surface area contributed by atoms with Crippen LogP contribution in [-0.2, 0) is 11.0 Å². The maximum atomic E-state index is 13.1. The molecule has 0 fully saturated rings. The average Bonchev–Trinajstić information content (AvgIpc) is 2.38. The number of anilines is 1. The van der Waals surface area contributed by atoms with Crippen LogP contribution in [0.25, 0.3) is 0 Å². The van der Waals surface area contributed by atoms with Gasteiger partial charge in [0.1, 0.15) is 17.5 Å². The minimum atomic E-state index is -4.69. The highest BCUT2D eigenvalue weighted by Gasteiger charge is 2.42. The number of nitrogens with zero attached hydrogens (tertiary/aromatic N) is 1. The lowest BCUT2D eigenvalue weighted by Crippen LogP contribution is -2.40. The van der Waals surface area contributed by atoms with Crippen molar-refractivity contribution in [3.8, 4) is 0 Å². The summed E-state index contributed by atoms with van der Waals surface area (Å²) in [6, 6.07) is 1.86. The largest absolute Gasteiger partial charge is 0.418 e. The lowest BCUT2D eigenvalue weighted by atomic mass is 9.87. The first kappa shape index (κ1) is 16.5. The number of carbonyl (C=O) groups is 2. The molecule has 22 heavy (non-hydrogen) atoms. The average molecular weight is 333 g/mol. The molecule has 1 atom stereocenters. The van der Waals surface area contributed by atoms with E-state index < -0.39 is 34.9 Å². The molecule has 8 heteroatoms. The van der Waals surface area contributed by atoms with Crippen molar-refractivity contribution in [1.29, 1.82) is 0 Å². The number of alkyl halides is 3. The summed E-state index contributed by atoms with van der Waals surface area (Å²) in [5.41, 5.74) is -1.73. The number of aliphatic imine (C=N–C) groups is 1. The van der Waals surface area contributed by atoms with Crippen molar-refractivity contribution in [3.05, 3.63) is 28.3 Å². The topological polar surface area (TPSA) is 58.5 Å². The number of ketones is 2. The van der Waals surface area contributed by atoms with Gasteiger partial charge < -0.3 is 5.32 Å². The SMILES string of the molecule is CCN=C1Nc2c(cc(Cl)cc2C(F)(F)F)C(=O)C1C(C)=O. The van der Waals surface area contributed by atoms with E-state index in [9.17, 15) is 22.8 Å². The molecule has 2 rings (SSSR count). The Morgan fingerprint density at radius 1 is 1.41 bits per heavy atom. The normalized spacial score (nSPS) is 19.8. The fraction of sp³-hybridized carbons (Fsp3) is 0.357. The van der Waals surface area contributed by atoms with E-state index in [-0.39, 0.29) is 23.0 Å².